The molecule has 1 fully saturated rings. The number of nitrogens with zero attached hydrogens (tertiary/aromatic N) is 2. The van der Waals surface area contributed by atoms with Gasteiger partial charge in [-0.1, -0.05) is 29.8 Å². The van der Waals surface area contributed by atoms with Gasteiger partial charge in [0, 0.05) is 32.0 Å². The van der Waals surface area contributed by atoms with Gasteiger partial charge in [-0.3, -0.25) is 9.59 Å². The molecule has 6 nitrogen and oxygen atoms in total. The third kappa shape index (κ3) is 4.38. The Bertz CT molecular complexity index is 808. The highest BCUT2D eigenvalue weighted by molar-refractivity contribution is 5.93. The second-order valence-corrected chi connectivity index (χ2v) is 6.84. The molecule has 1 aromatic carbocycles. The number of H-pyrrole nitrogens is 1. The van der Waals surface area contributed by atoms with E-state index in [2.05, 4.69) is 9.97 Å². The van der Waals surface area contributed by atoms with Gasteiger partial charge in [-0.05, 0) is 32.6 Å². The summed E-state index contributed by atoms with van der Waals surface area (Å²) in [6.07, 6.45) is 5.71. The van der Waals surface area contributed by atoms with Crippen LogP contribution in [0.25, 0.3) is 11.4 Å². The maximum Gasteiger partial charge on any atom is 0.264 e. The van der Waals surface area contributed by atoms with Gasteiger partial charge in [0.15, 0.2) is 0 Å². The smallest absolute Gasteiger partial charge is 0.264 e. The number of amides is 1. The lowest BCUT2D eigenvalue weighted by atomic mass is 10.1. The molecule has 6 heteroatoms. The summed E-state index contributed by atoms with van der Waals surface area (Å²) in [7, 11) is 1.71. The van der Waals surface area contributed by atoms with E-state index < -0.39 is 5.56 Å². The van der Waals surface area contributed by atoms with Crippen molar-refractivity contribution in [3.63, 3.8) is 0 Å². The van der Waals surface area contributed by atoms with Crippen LogP contribution >= 0.6 is 0 Å². The number of hydrogen-bond acceptors (Lipinski definition) is 4. The Kier molecular flexibility index (Phi) is 5.83. The zero-order valence-electron chi connectivity index (χ0n) is 15.3. The standard InChI is InChI=1S/C20H25N3O3/c1-14-7-9-15(10-8-14)18-21-13-17(19(24)22-18)20(25)23(2)11-3-5-16-6-4-12-26-16/h7-10,13,16H,3-6,11-12H2,1-2H3,(H,21,22,24). The summed E-state index contributed by atoms with van der Waals surface area (Å²) in [4.78, 5) is 33.4. The first-order valence-corrected chi connectivity index (χ1v) is 9.08. The van der Waals surface area contributed by atoms with Crippen molar-refractivity contribution in [2.45, 2.75) is 38.7 Å². The molecule has 1 aliphatic heterocycles. The molecule has 138 valence electrons. The predicted molar refractivity (Wildman–Crippen MR) is 100 cm³/mol. The number of benzene rings is 1. The maximum absolute atomic E-state index is 12.5. The number of nitrogens with one attached hydrogen (secondary N) is 1. The van der Waals surface area contributed by atoms with E-state index in [1.54, 1.807) is 11.9 Å². The predicted octanol–water partition coefficient (Wildman–Crippen LogP) is 2.78. The van der Waals surface area contributed by atoms with Crippen molar-refractivity contribution in [2.24, 2.45) is 0 Å². The summed E-state index contributed by atoms with van der Waals surface area (Å²) in [5, 5.41) is 0. The molecule has 2 heterocycles. The van der Waals surface area contributed by atoms with Crippen LogP contribution in [0.15, 0.2) is 35.3 Å². The van der Waals surface area contributed by atoms with Crippen LogP contribution in [-0.2, 0) is 4.74 Å². The summed E-state index contributed by atoms with van der Waals surface area (Å²) in [5.41, 5.74) is 1.61. The zero-order valence-corrected chi connectivity index (χ0v) is 15.3. The fourth-order valence-corrected chi connectivity index (χ4v) is 3.14. The lowest BCUT2D eigenvalue weighted by Crippen LogP contribution is -2.33. The molecule has 0 radical (unpaired) electrons. The van der Waals surface area contributed by atoms with Crippen molar-refractivity contribution in [1.29, 1.82) is 0 Å². The molecule has 1 aliphatic rings. The molecule has 26 heavy (non-hydrogen) atoms. The molecule has 1 atom stereocenters. The second kappa shape index (κ2) is 8.27. The highest BCUT2D eigenvalue weighted by atomic mass is 16.5. The number of aromatic nitrogens is 2. The molecule has 2 aromatic rings. The molecule has 0 saturated carbocycles. The largest absolute Gasteiger partial charge is 0.378 e. The molecule has 0 aliphatic carbocycles. The molecule has 1 N–H and O–H groups in total. The highest BCUT2D eigenvalue weighted by Crippen LogP contribution is 2.17. The van der Waals surface area contributed by atoms with E-state index in [-0.39, 0.29) is 11.5 Å². The maximum atomic E-state index is 12.5. The van der Waals surface area contributed by atoms with Gasteiger partial charge in [-0.25, -0.2) is 4.98 Å². The molecular formula is C20H25N3O3. The van der Waals surface area contributed by atoms with Crippen molar-refractivity contribution in [1.82, 2.24) is 14.9 Å². The van der Waals surface area contributed by atoms with Gasteiger partial charge in [0.2, 0.25) is 0 Å². The van der Waals surface area contributed by atoms with Crippen molar-refractivity contribution < 1.29 is 9.53 Å². The van der Waals surface area contributed by atoms with E-state index in [0.29, 0.717) is 18.5 Å². The lowest BCUT2D eigenvalue weighted by Gasteiger charge is -2.18. The van der Waals surface area contributed by atoms with Crippen LogP contribution in [-0.4, -0.2) is 47.1 Å². The Morgan fingerprint density at radius 1 is 1.35 bits per heavy atom. The first kappa shape index (κ1) is 18.3. The van der Waals surface area contributed by atoms with Crippen LogP contribution in [0.3, 0.4) is 0 Å². The molecule has 3 rings (SSSR count). The molecule has 1 unspecified atom stereocenters. The minimum absolute atomic E-state index is 0.0699. The van der Waals surface area contributed by atoms with Crippen LogP contribution in [0.4, 0.5) is 0 Å². The highest BCUT2D eigenvalue weighted by Gasteiger charge is 2.19. The van der Waals surface area contributed by atoms with Gasteiger partial charge in [-0.15, -0.1) is 0 Å². The summed E-state index contributed by atoms with van der Waals surface area (Å²) >= 11 is 0. The van der Waals surface area contributed by atoms with Gasteiger partial charge in [0.05, 0.1) is 6.10 Å². The van der Waals surface area contributed by atoms with Gasteiger partial charge >= 0.3 is 0 Å². The Hall–Kier alpha value is -2.47. The Morgan fingerprint density at radius 3 is 2.77 bits per heavy atom. The fraction of sp³-hybridized carbons (Fsp3) is 0.450. The van der Waals surface area contributed by atoms with Crippen LogP contribution in [0, 0.1) is 6.92 Å². The van der Waals surface area contributed by atoms with Crippen molar-refractivity contribution in [3.05, 3.63) is 51.9 Å². The van der Waals surface area contributed by atoms with Crippen molar-refractivity contribution >= 4 is 5.91 Å². The molecule has 0 bridgehead atoms. The Morgan fingerprint density at radius 2 is 2.12 bits per heavy atom. The molecular weight excluding hydrogens is 330 g/mol. The van der Waals surface area contributed by atoms with Gasteiger partial charge in [-0.2, -0.15) is 0 Å². The lowest BCUT2D eigenvalue weighted by molar-refractivity contribution is 0.0761. The monoisotopic (exact) mass is 355 g/mol. The third-order valence-electron chi connectivity index (χ3n) is 4.75. The third-order valence-corrected chi connectivity index (χ3v) is 4.75. The SMILES string of the molecule is Cc1ccc(-c2ncc(C(=O)N(C)CCCC3CCCO3)c(=O)[nH]2)cc1. The first-order chi connectivity index (χ1) is 12.5. The summed E-state index contributed by atoms with van der Waals surface area (Å²) in [5.74, 6) is 0.161. The average molecular weight is 355 g/mol. The number of carbonyl (C=O) groups is 1. The van der Waals surface area contributed by atoms with Crippen LogP contribution in [0.2, 0.25) is 0 Å². The van der Waals surface area contributed by atoms with E-state index in [1.807, 2.05) is 31.2 Å². The molecule has 1 aromatic heterocycles. The average Bonchev–Trinajstić information content (AvgIpc) is 3.15. The summed E-state index contributed by atoms with van der Waals surface area (Å²) in [6, 6.07) is 7.70. The van der Waals surface area contributed by atoms with Gasteiger partial charge in [0.25, 0.3) is 11.5 Å². The molecule has 1 amide bonds. The number of aryl methyl sites for hydroxylation is 1. The van der Waals surface area contributed by atoms with Crippen LogP contribution in [0.1, 0.15) is 41.6 Å². The minimum Gasteiger partial charge on any atom is -0.378 e. The Balaban J connectivity index is 1.63. The first-order valence-electron chi connectivity index (χ1n) is 9.08. The minimum atomic E-state index is -0.411. The number of rotatable bonds is 6. The van der Waals surface area contributed by atoms with Gasteiger partial charge in [0.1, 0.15) is 11.4 Å². The topological polar surface area (TPSA) is 75.3 Å². The van der Waals surface area contributed by atoms with E-state index in [9.17, 15) is 9.59 Å². The number of aromatic amines is 1. The van der Waals surface area contributed by atoms with E-state index in [1.165, 1.54) is 6.20 Å². The van der Waals surface area contributed by atoms with E-state index in [4.69, 9.17) is 4.74 Å². The summed E-state index contributed by atoms with van der Waals surface area (Å²) in [6.45, 7) is 3.43. The van der Waals surface area contributed by atoms with E-state index in [0.717, 1.165) is 43.4 Å². The zero-order chi connectivity index (χ0) is 18.5. The molecule has 1 saturated heterocycles. The quantitative estimate of drug-likeness (QED) is 0.864. The normalized spacial score (nSPS) is 16.6. The van der Waals surface area contributed by atoms with E-state index >= 15 is 0 Å². The van der Waals surface area contributed by atoms with Crippen LogP contribution < -0.4 is 5.56 Å². The Labute approximate surface area is 153 Å². The molecule has 0 spiro atoms. The second-order valence-electron chi connectivity index (χ2n) is 6.84. The van der Waals surface area contributed by atoms with Crippen molar-refractivity contribution in [3.8, 4) is 11.4 Å². The number of ether oxygens (including phenoxy) is 1. The summed E-state index contributed by atoms with van der Waals surface area (Å²) < 4.78 is 5.59. The van der Waals surface area contributed by atoms with Gasteiger partial charge < -0.3 is 14.6 Å². The van der Waals surface area contributed by atoms with Crippen molar-refractivity contribution in [2.75, 3.05) is 20.2 Å². The van der Waals surface area contributed by atoms with Crippen LogP contribution in [0.5, 0.6) is 0 Å². The number of hydrogen-bond donors (Lipinski definition) is 1. The fourth-order valence-electron chi connectivity index (χ4n) is 3.14. The number of carbonyl (C=O) groups excluding carboxylic acids is 1.